The molecule has 0 bridgehead atoms. The smallest absolute Gasteiger partial charge is 0.407 e. The van der Waals surface area contributed by atoms with Crippen molar-refractivity contribution >= 4 is 23.6 Å². The number of alkyl carbamates (subject to hydrolysis) is 1. The summed E-state index contributed by atoms with van der Waals surface area (Å²) in [6.07, 6.45) is 5.18. The fourth-order valence-electron chi connectivity index (χ4n) is 4.23. The molecule has 1 aromatic carbocycles. The predicted octanol–water partition coefficient (Wildman–Crippen LogP) is 3.06. The summed E-state index contributed by atoms with van der Waals surface area (Å²) in [5.41, 5.74) is 1.52. The van der Waals surface area contributed by atoms with Gasteiger partial charge < -0.3 is 15.0 Å². The number of ether oxygens (including phenoxy) is 1. The van der Waals surface area contributed by atoms with E-state index in [0.29, 0.717) is 25.5 Å². The number of aromatic nitrogens is 2. The number of carbonyl (C=O) groups is 2. The van der Waals surface area contributed by atoms with Crippen molar-refractivity contribution in [3.8, 4) is 0 Å². The van der Waals surface area contributed by atoms with Crippen LogP contribution in [0.25, 0.3) is 0 Å². The number of carbonyl (C=O) groups excluding carboxylic acids is 2. The molecule has 0 saturated carbocycles. The molecule has 2 aliphatic heterocycles. The lowest BCUT2D eigenvalue weighted by Crippen LogP contribution is -2.54. The first-order valence-corrected chi connectivity index (χ1v) is 10.7. The van der Waals surface area contributed by atoms with Crippen molar-refractivity contribution in [3.63, 3.8) is 0 Å². The average molecular weight is 424 g/mol. The van der Waals surface area contributed by atoms with Crippen molar-refractivity contribution in [2.24, 2.45) is 0 Å². The van der Waals surface area contributed by atoms with Crippen LogP contribution in [0.2, 0.25) is 0 Å². The van der Waals surface area contributed by atoms with Crippen molar-refractivity contribution in [1.82, 2.24) is 20.2 Å². The van der Waals surface area contributed by atoms with E-state index < -0.39 is 17.7 Å². The van der Waals surface area contributed by atoms with Crippen LogP contribution in [0.5, 0.6) is 0 Å². The summed E-state index contributed by atoms with van der Waals surface area (Å²) in [7, 11) is 0. The molecule has 164 valence electrons. The second kappa shape index (κ2) is 8.53. The highest BCUT2D eigenvalue weighted by Gasteiger charge is 2.40. The number of nitrogens with one attached hydrogen (secondary N) is 1. The Kier molecular flexibility index (Phi) is 5.80. The van der Waals surface area contributed by atoms with Gasteiger partial charge in [-0.15, -0.1) is 0 Å². The quantitative estimate of drug-likeness (QED) is 0.816. The Hall–Kier alpha value is -3.16. The van der Waals surface area contributed by atoms with E-state index in [1.165, 1.54) is 0 Å². The number of rotatable bonds is 3. The fourth-order valence-corrected chi connectivity index (χ4v) is 4.23. The lowest BCUT2D eigenvalue weighted by Gasteiger charge is -2.36. The molecule has 2 atom stereocenters. The molecule has 1 aromatic heterocycles. The Morgan fingerprint density at radius 3 is 2.61 bits per heavy atom. The van der Waals surface area contributed by atoms with Gasteiger partial charge in [0.2, 0.25) is 11.9 Å². The van der Waals surface area contributed by atoms with Crippen LogP contribution in [0.1, 0.15) is 39.2 Å². The van der Waals surface area contributed by atoms with E-state index in [1.54, 1.807) is 18.5 Å². The van der Waals surface area contributed by atoms with E-state index in [2.05, 4.69) is 15.3 Å². The van der Waals surface area contributed by atoms with Crippen LogP contribution in [0.3, 0.4) is 0 Å². The van der Waals surface area contributed by atoms with Crippen LogP contribution in [0.15, 0.2) is 42.7 Å². The van der Waals surface area contributed by atoms with E-state index in [-0.39, 0.29) is 11.9 Å². The van der Waals surface area contributed by atoms with Gasteiger partial charge in [-0.05, 0) is 51.3 Å². The van der Waals surface area contributed by atoms with Crippen LogP contribution >= 0.6 is 0 Å². The van der Waals surface area contributed by atoms with Crippen molar-refractivity contribution in [3.05, 3.63) is 48.3 Å². The second-order valence-corrected chi connectivity index (χ2v) is 9.04. The number of fused-ring (bicyclic) bond motifs is 1. The number of piperidine rings is 1. The topological polar surface area (TPSA) is 87.7 Å². The minimum absolute atomic E-state index is 0.0272. The lowest BCUT2D eigenvalue weighted by atomic mass is 10.0. The molecule has 31 heavy (non-hydrogen) atoms. The van der Waals surface area contributed by atoms with E-state index in [9.17, 15) is 9.59 Å². The van der Waals surface area contributed by atoms with Crippen LogP contribution in [-0.2, 0) is 16.0 Å². The van der Waals surface area contributed by atoms with Crippen molar-refractivity contribution in [2.45, 2.75) is 57.7 Å². The number of hydrogen-bond donors (Lipinski definition) is 1. The number of amides is 2. The third kappa shape index (κ3) is 4.78. The molecule has 0 spiro atoms. The van der Waals surface area contributed by atoms with E-state index in [0.717, 1.165) is 24.1 Å². The zero-order chi connectivity index (χ0) is 22.0. The third-order valence-electron chi connectivity index (χ3n) is 5.48. The number of hydrogen-bond acceptors (Lipinski definition) is 6. The maximum atomic E-state index is 13.6. The highest BCUT2D eigenvalue weighted by molar-refractivity contribution is 5.90. The largest absolute Gasteiger partial charge is 0.444 e. The summed E-state index contributed by atoms with van der Waals surface area (Å²) >= 11 is 0. The summed E-state index contributed by atoms with van der Waals surface area (Å²) < 4.78 is 5.37. The van der Waals surface area contributed by atoms with E-state index >= 15 is 0 Å². The zero-order valence-corrected chi connectivity index (χ0v) is 18.2. The van der Waals surface area contributed by atoms with Crippen molar-refractivity contribution in [1.29, 1.82) is 0 Å². The average Bonchev–Trinajstić information content (AvgIpc) is 3.12. The molecule has 0 radical (unpaired) electrons. The molecule has 4 rings (SSSR count). The van der Waals surface area contributed by atoms with Crippen LogP contribution in [0.4, 0.5) is 16.4 Å². The Morgan fingerprint density at radius 2 is 1.87 bits per heavy atom. The first-order chi connectivity index (χ1) is 14.8. The van der Waals surface area contributed by atoms with Crippen molar-refractivity contribution < 1.29 is 14.3 Å². The van der Waals surface area contributed by atoms with Gasteiger partial charge in [0.05, 0.1) is 0 Å². The summed E-state index contributed by atoms with van der Waals surface area (Å²) in [5, 5.41) is 2.92. The molecule has 2 aliphatic rings. The molecule has 0 aliphatic carbocycles. The molecule has 3 heterocycles. The molecule has 2 aromatic rings. The Bertz CT molecular complexity index is 944. The highest BCUT2D eigenvalue weighted by atomic mass is 16.6. The van der Waals surface area contributed by atoms with E-state index in [1.807, 2.05) is 54.8 Å². The maximum absolute atomic E-state index is 13.6. The van der Waals surface area contributed by atoms with Gasteiger partial charge in [-0.3, -0.25) is 9.69 Å². The van der Waals surface area contributed by atoms with Gasteiger partial charge >= 0.3 is 6.09 Å². The number of anilines is 2. The van der Waals surface area contributed by atoms with E-state index in [4.69, 9.17) is 4.74 Å². The van der Waals surface area contributed by atoms with Gasteiger partial charge in [0.1, 0.15) is 11.6 Å². The maximum Gasteiger partial charge on any atom is 0.407 e. The molecule has 1 fully saturated rings. The number of benzene rings is 1. The third-order valence-corrected chi connectivity index (χ3v) is 5.48. The molecule has 8 nitrogen and oxygen atoms in total. The molecule has 2 amide bonds. The van der Waals surface area contributed by atoms with Crippen LogP contribution in [0, 0.1) is 0 Å². The van der Waals surface area contributed by atoms with Gasteiger partial charge in [0, 0.05) is 43.6 Å². The fraction of sp³-hybridized carbons (Fsp3) is 0.478. The minimum atomic E-state index is -0.555. The lowest BCUT2D eigenvalue weighted by molar-refractivity contribution is -0.133. The van der Waals surface area contributed by atoms with Gasteiger partial charge in [-0.1, -0.05) is 18.2 Å². The zero-order valence-electron chi connectivity index (χ0n) is 18.2. The van der Waals surface area contributed by atoms with Gasteiger partial charge in [-0.2, -0.15) is 0 Å². The van der Waals surface area contributed by atoms with Crippen LogP contribution in [-0.4, -0.2) is 57.6 Å². The number of likely N-dealkylation sites (tertiary alicyclic amines) is 1. The molecule has 8 heteroatoms. The first kappa shape index (κ1) is 21.1. The Labute approximate surface area is 182 Å². The Balaban J connectivity index is 1.50. The molecule has 1 saturated heterocycles. The van der Waals surface area contributed by atoms with Crippen LogP contribution < -0.4 is 10.2 Å². The second-order valence-electron chi connectivity index (χ2n) is 9.04. The summed E-state index contributed by atoms with van der Waals surface area (Å²) in [5.74, 6) is 0.547. The molecule has 1 N–H and O–H groups in total. The summed E-state index contributed by atoms with van der Waals surface area (Å²) in [6.45, 7) is 6.64. The molecule has 1 unspecified atom stereocenters. The standard InChI is InChI=1S/C23H29N5O3/c1-23(2,3)31-22(30)26-17-9-6-13-27(15-17)20(29)19-14-16-8-4-5-10-18(16)28(19)21-24-11-7-12-25-21/h4-5,7-8,10-12,17,19H,6,9,13-15H2,1-3H3,(H,26,30)/t17-,19?/m1/s1. The van der Waals surface area contributed by atoms with Gasteiger partial charge in [-0.25, -0.2) is 14.8 Å². The predicted molar refractivity (Wildman–Crippen MR) is 117 cm³/mol. The highest BCUT2D eigenvalue weighted by Crippen LogP contribution is 2.37. The Morgan fingerprint density at radius 1 is 1.13 bits per heavy atom. The number of nitrogens with zero attached hydrogens (tertiary/aromatic N) is 4. The minimum Gasteiger partial charge on any atom is -0.444 e. The molecular formula is C23H29N5O3. The number of para-hydroxylation sites is 1. The summed E-state index contributed by atoms with van der Waals surface area (Å²) in [6, 6.07) is 9.22. The molecular weight excluding hydrogens is 394 g/mol. The van der Waals surface area contributed by atoms with Gasteiger partial charge in [0.15, 0.2) is 0 Å². The monoisotopic (exact) mass is 423 g/mol. The SMILES string of the molecule is CC(C)(C)OC(=O)N[C@@H]1CCCN(C(=O)C2Cc3ccccc3N2c2ncccn2)C1. The summed E-state index contributed by atoms with van der Waals surface area (Å²) in [4.78, 5) is 38.4. The first-order valence-electron chi connectivity index (χ1n) is 10.7. The normalized spacial score (nSPS) is 20.9. The van der Waals surface area contributed by atoms with Gasteiger partial charge in [0.25, 0.3) is 0 Å². The van der Waals surface area contributed by atoms with Crippen molar-refractivity contribution in [2.75, 3.05) is 18.0 Å².